The molecule has 28 heavy (non-hydrogen) atoms. The summed E-state index contributed by atoms with van der Waals surface area (Å²) in [7, 11) is 5.19. The number of nitrogens with one attached hydrogen (secondary N) is 1. The molecule has 2 aromatic heterocycles. The van der Waals surface area contributed by atoms with Gasteiger partial charge in [-0.05, 0) is 37.3 Å². The molecule has 0 radical (unpaired) electrons. The van der Waals surface area contributed by atoms with Crippen molar-refractivity contribution < 1.29 is 9.47 Å². The van der Waals surface area contributed by atoms with Gasteiger partial charge in [0.25, 0.3) is 0 Å². The van der Waals surface area contributed by atoms with Gasteiger partial charge in [-0.15, -0.1) is 0 Å². The lowest BCUT2D eigenvalue weighted by Gasteiger charge is -2.16. The van der Waals surface area contributed by atoms with Gasteiger partial charge in [0.15, 0.2) is 0 Å². The molecule has 0 aliphatic carbocycles. The van der Waals surface area contributed by atoms with Crippen molar-refractivity contribution in [2.75, 3.05) is 19.5 Å². The summed E-state index contributed by atoms with van der Waals surface area (Å²) in [4.78, 5) is 9.22. The number of hydrogen-bond acceptors (Lipinski definition) is 5. The van der Waals surface area contributed by atoms with E-state index < -0.39 is 0 Å². The second kappa shape index (κ2) is 8.27. The minimum Gasteiger partial charge on any atom is -0.494 e. The molecule has 3 aromatic rings. The van der Waals surface area contributed by atoms with Crippen molar-refractivity contribution >= 4 is 34.3 Å². The largest absolute Gasteiger partial charge is 0.494 e. The summed E-state index contributed by atoms with van der Waals surface area (Å²) < 4.78 is 13.0. The van der Waals surface area contributed by atoms with E-state index in [0.29, 0.717) is 34.2 Å². The molecule has 0 saturated heterocycles. The number of rotatable bonds is 7. The van der Waals surface area contributed by atoms with Gasteiger partial charge in [-0.3, -0.25) is 0 Å². The van der Waals surface area contributed by atoms with Crippen molar-refractivity contribution in [1.82, 2.24) is 14.5 Å². The number of anilines is 2. The first-order valence-electron chi connectivity index (χ1n) is 9.46. The molecule has 0 amide bonds. The van der Waals surface area contributed by atoms with Crippen LogP contribution < -0.4 is 14.8 Å². The first-order valence-corrected chi connectivity index (χ1v) is 9.84. The number of aryl methyl sites for hydroxylation is 2. The average Bonchev–Trinajstić information content (AvgIpc) is 3.02. The van der Waals surface area contributed by atoms with Gasteiger partial charge in [0.1, 0.15) is 17.0 Å². The van der Waals surface area contributed by atoms with Crippen molar-refractivity contribution in [3.8, 4) is 11.6 Å². The SMILES string of the molecule is CCC(CC)c1ccc(Cl)c2nc(Nc3c(OC)cc(C)nc3OC)n(C)c12. The van der Waals surface area contributed by atoms with Crippen molar-refractivity contribution in [2.24, 2.45) is 7.05 Å². The van der Waals surface area contributed by atoms with E-state index >= 15 is 0 Å². The number of nitrogens with zero attached hydrogens (tertiary/aromatic N) is 3. The van der Waals surface area contributed by atoms with E-state index in [1.165, 1.54) is 5.56 Å². The zero-order valence-corrected chi connectivity index (χ0v) is 18.0. The standard InChI is InChI=1S/C21H27ClN4O2/c1-7-13(8-2)14-9-10-15(22)17-19(14)26(4)21(24-17)25-18-16(27-5)11-12(3)23-20(18)28-6/h9-11,13H,7-8H2,1-6H3,(H,24,25). The number of ether oxygens (including phenoxy) is 2. The fourth-order valence-corrected chi connectivity index (χ4v) is 3.83. The fraction of sp³-hybridized carbons (Fsp3) is 0.429. The second-order valence-electron chi connectivity index (χ2n) is 6.82. The number of imidazole rings is 1. The van der Waals surface area contributed by atoms with Gasteiger partial charge in [-0.2, -0.15) is 0 Å². The Hall–Kier alpha value is -2.47. The maximum Gasteiger partial charge on any atom is 0.241 e. The van der Waals surface area contributed by atoms with Crippen LogP contribution in [0, 0.1) is 6.92 Å². The summed E-state index contributed by atoms with van der Waals surface area (Å²) in [6, 6.07) is 5.90. The molecule has 0 spiro atoms. The van der Waals surface area contributed by atoms with Gasteiger partial charge >= 0.3 is 0 Å². The summed E-state index contributed by atoms with van der Waals surface area (Å²) in [6.45, 7) is 6.31. The summed E-state index contributed by atoms with van der Waals surface area (Å²) >= 11 is 6.48. The molecule has 6 nitrogen and oxygen atoms in total. The molecular weight excluding hydrogens is 376 g/mol. The normalized spacial score (nSPS) is 11.3. The maximum atomic E-state index is 6.48. The number of pyridine rings is 1. The zero-order chi connectivity index (χ0) is 20.4. The monoisotopic (exact) mass is 402 g/mol. The molecule has 0 aliphatic heterocycles. The molecule has 3 rings (SSSR count). The van der Waals surface area contributed by atoms with Gasteiger partial charge in [-0.25, -0.2) is 9.97 Å². The first kappa shape index (κ1) is 20.3. The lowest BCUT2D eigenvalue weighted by atomic mass is 9.93. The fourth-order valence-electron chi connectivity index (χ4n) is 3.64. The molecule has 2 heterocycles. The topological polar surface area (TPSA) is 61.2 Å². The molecule has 1 N–H and O–H groups in total. The van der Waals surface area contributed by atoms with E-state index in [-0.39, 0.29) is 0 Å². The highest BCUT2D eigenvalue weighted by atomic mass is 35.5. The lowest BCUT2D eigenvalue weighted by molar-refractivity contribution is 0.385. The van der Waals surface area contributed by atoms with Gasteiger partial charge in [0.2, 0.25) is 11.8 Å². The first-order chi connectivity index (χ1) is 13.4. The lowest BCUT2D eigenvalue weighted by Crippen LogP contribution is -2.06. The number of benzene rings is 1. The molecule has 150 valence electrons. The third-order valence-corrected chi connectivity index (χ3v) is 5.46. The molecule has 0 fully saturated rings. The molecular formula is C21H27ClN4O2. The highest BCUT2D eigenvalue weighted by Gasteiger charge is 2.21. The molecule has 0 atom stereocenters. The number of fused-ring (bicyclic) bond motifs is 1. The quantitative estimate of drug-likeness (QED) is 0.557. The Labute approximate surface area is 170 Å². The van der Waals surface area contributed by atoms with Crippen LogP contribution in [-0.4, -0.2) is 28.8 Å². The summed E-state index contributed by atoms with van der Waals surface area (Å²) in [5.41, 5.74) is 4.53. The molecule has 7 heteroatoms. The predicted molar refractivity (Wildman–Crippen MR) is 114 cm³/mol. The van der Waals surface area contributed by atoms with Gasteiger partial charge in [0.05, 0.1) is 24.8 Å². The Morgan fingerprint density at radius 3 is 2.46 bits per heavy atom. The number of methoxy groups -OCH3 is 2. The predicted octanol–water partition coefficient (Wildman–Crippen LogP) is 5.59. The third kappa shape index (κ3) is 3.49. The van der Waals surface area contributed by atoms with Crippen LogP contribution in [0.3, 0.4) is 0 Å². The minimum absolute atomic E-state index is 0.452. The second-order valence-corrected chi connectivity index (χ2v) is 7.22. The van der Waals surface area contributed by atoms with Crippen LogP contribution in [0.15, 0.2) is 18.2 Å². The Bertz CT molecular complexity index is 971. The highest BCUT2D eigenvalue weighted by molar-refractivity contribution is 6.35. The molecule has 0 saturated carbocycles. The van der Waals surface area contributed by atoms with E-state index in [1.807, 2.05) is 30.7 Å². The highest BCUT2D eigenvalue weighted by Crippen LogP contribution is 2.39. The Morgan fingerprint density at radius 1 is 1.14 bits per heavy atom. The zero-order valence-electron chi connectivity index (χ0n) is 17.3. The van der Waals surface area contributed by atoms with Crippen LogP contribution in [0.4, 0.5) is 11.6 Å². The number of aromatic nitrogens is 3. The van der Waals surface area contributed by atoms with Crippen molar-refractivity contribution in [1.29, 1.82) is 0 Å². The van der Waals surface area contributed by atoms with Crippen LogP contribution in [0.25, 0.3) is 11.0 Å². The Kier molecular flexibility index (Phi) is 5.98. The van der Waals surface area contributed by atoms with Crippen LogP contribution >= 0.6 is 11.6 Å². The number of hydrogen-bond donors (Lipinski definition) is 1. The van der Waals surface area contributed by atoms with E-state index in [0.717, 1.165) is 29.6 Å². The van der Waals surface area contributed by atoms with Gasteiger partial charge in [-0.1, -0.05) is 31.5 Å². The van der Waals surface area contributed by atoms with Crippen LogP contribution in [0.2, 0.25) is 5.02 Å². The molecule has 0 aliphatic rings. The van der Waals surface area contributed by atoms with Crippen molar-refractivity contribution in [3.05, 3.63) is 34.5 Å². The van der Waals surface area contributed by atoms with E-state index in [1.54, 1.807) is 14.2 Å². The van der Waals surface area contributed by atoms with Gasteiger partial charge < -0.3 is 19.4 Å². The molecule has 1 aromatic carbocycles. The third-order valence-electron chi connectivity index (χ3n) is 5.16. The molecule has 0 bridgehead atoms. The Balaban J connectivity index is 2.18. The van der Waals surface area contributed by atoms with Gasteiger partial charge in [0, 0.05) is 18.8 Å². The smallest absolute Gasteiger partial charge is 0.241 e. The van der Waals surface area contributed by atoms with Crippen molar-refractivity contribution in [3.63, 3.8) is 0 Å². The maximum absolute atomic E-state index is 6.48. The van der Waals surface area contributed by atoms with Crippen molar-refractivity contribution in [2.45, 2.75) is 39.5 Å². The summed E-state index contributed by atoms with van der Waals surface area (Å²) in [6.07, 6.45) is 2.12. The number of halogens is 1. The van der Waals surface area contributed by atoms with Crippen LogP contribution in [-0.2, 0) is 7.05 Å². The summed E-state index contributed by atoms with van der Waals surface area (Å²) in [5.74, 6) is 2.20. The van der Waals surface area contributed by atoms with Crippen LogP contribution in [0.1, 0.15) is 43.9 Å². The minimum atomic E-state index is 0.452. The van der Waals surface area contributed by atoms with E-state index in [4.69, 9.17) is 26.1 Å². The Morgan fingerprint density at radius 2 is 1.86 bits per heavy atom. The van der Waals surface area contributed by atoms with Crippen LogP contribution in [0.5, 0.6) is 11.6 Å². The average molecular weight is 403 g/mol. The van der Waals surface area contributed by atoms with E-state index in [2.05, 4.69) is 30.2 Å². The molecule has 0 unspecified atom stereocenters. The van der Waals surface area contributed by atoms with E-state index in [9.17, 15) is 0 Å². The summed E-state index contributed by atoms with van der Waals surface area (Å²) in [5, 5.41) is 3.97.